The molecule has 1 unspecified atom stereocenters. The molecule has 0 radical (unpaired) electrons. The van der Waals surface area contributed by atoms with Crippen molar-refractivity contribution >= 4 is 5.91 Å². The molecule has 0 spiro atoms. The van der Waals surface area contributed by atoms with Crippen LogP contribution in [0, 0.1) is 0 Å². The number of ether oxygens (including phenoxy) is 4. The lowest BCUT2D eigenvalue weighted by Crippen LogP contribution is -2.29. The molecular weight excluding hydrogens is 322 g/mol. The molecule has 0 aromatic heterocycles. The van der Waals surface area contributed by atoms with Crippen molar-refractivity contribution in [3.8, 4) is 17.2 Å². The first kappa shape index (κ1) is 18.6. The third-order valence-electron chi connectivity index (χ3n) is 3.87. The molecule has 2 rings (SSSR count). The van der Waals surface area contributed by atoms with Gasteiger partial charge in [0.2, 0.25) is 0 Å². The second-order valence-corrected chi connectivity index (χ2v) is 5.24. The van der Waals surface area contributed by atoms with Crippen molar-refractivity contribution < 1.29 is 23.7 Å². The lowest BCUT2D eigenvalue weighted by molar-refractivity contribution is 0.0817. The van der Waals surface area contributed by atoms with Gasteiger partial charge in [0.1, 0.15) is 23.4 Å². The van der Waals surface area contributed by atoms with Crippen LogP contribution >= 0.6 is 0 Å². The number of hydrogen-bond acceptors (Lipinski definition) is 5. The molecule has 2 aromatic rings. The van der Waals surface area contributed by atoms with Crippen LogP contribution < -0.4 is 19.5 Å². The fraction of sp³-hybridized carbons (Fsp3) is 0.316. The van der Waals surface area contributed by atoms with E-state index in [-0.39, 0.29) is 12.0 Å². The van der Waals surface area contributed by atoms with E-state index in [4.69, 9.17) is 18.9 Å². The number of nitrogens with one attached hydrogen (secondary N) is 1. The van der Waals surface area contributed by atoms with Crippen molar-refractivity contribution in [1.29, 1.82) is 0 Å². The first-order valence-electron chi connectivity index (χ1n) is 7.80. The molecule has 134 valence electrons. The van der Waals surface area contributed by atoms with Gasteiger partial charge in [-0.25, -0.2) is 0 Å². The minimum absolute atomic E-state index is 0.253. The topological polar surface area (TPSA) is 66.0 Å². The average Bonchev–Trinajstić information content (AvgIpc) is 2.67. The second-order valence-electron chi connectivity index (χ2n) is 5.24. The van der Waals surface area contributed by atoms with Crippen molar-refractivity contribution in [3.05, 3.63) is 53.6 Å². The van der Waals surface area contributed by atoms with E-state index in [2.05, 4.69) is 5.32 Å². The molecule has 6 heteroatoms. The van der Waals surface area contributed by atoms with Crippen molar-refractivity contribution in [3.63, 3.8) is 0 Å². The first-order valence-corrected chi connectivity index (χ1v) is 7.80. The highest BCUT2D eigenvalue weighted by atomic mass is 16.5. The molecule has 0 saturated carbocycles. The second kappa shape index (κ2) is 8.94. The molecule has 0 aliphatic rings. The van der Waals surface area contributed by atoms with Gasteiger partial charge in [0.15, 0.2) is 0 Å². The zero-order chi connectivity index (χ0) is 18.2. The Hall–Kier alpha value is -2.73. The summed E-state index contributed by atoms with van der Waals surface area (Å²) in [5.41, 5.74) is 1.30. The van der Waals surface area contributed by atoms with Crippen LogP contribution in [0.5, 0.6) is 17.2 Å². The Kier molecular flexibility index (Phi) is 6.65. The number of carbonyl (C=O) groups excluding carboxylic acids is 1. The van der Waals surface area contributed by atoms with E-state index in [1.807, 2.05) is 24.3 Å². The van der Waals surface area contributed by atoms with Crippen molar-refractivity contribution in [2.24, 2.45) is 0 Å². The standard InChI is InChI=1S/C19H23NO5/c1-22-13-9-10-15(17(11-13)24-3)19(21)20-12-18(25-4)14-7-5-6-8-16(14)23-2/h5-11,18H,12H2,1-4H3,(H,20,21). The highest BCUT2D eigenvalue weighted by Crippen LogP contribution is 2.27. The highest BCUT2D eigenvalue weighted by Gasteiger charge is 2.18. The number of hydrogen-bond donors (Lipinski definition) is 1. The molecule has 1 amide bonds. The Labute approximate surface area is 147 Å². The van der Waals surface area contributed by atoms with Crippen molar-refractivity contribution in [1.82, 2.24) is 5.32 Å². The monoisotopic (exact) mass is 345 g/mol. The van der Waals surface area contributed by atoms with Crippen LogP contribution in [0.4, 0.5) is 0 Å². The van der Waals surface area contributed by atoms with Gasteiger partial charge < -0.3 is 24.3 Å². The van der Waals surface area contributed by atoms with Gasteiger partial charge in [0, 0.05) is 25.3 Å². The van der Waals surface area contributed by atoms with Crippen LogP contribution in [0.3, 0.4) is 0 Å². The molecule has 0 bridgehead atoms. The molecule has 0 fully saturated rings. The van der Waals surface area contributed by atoms with Gasteiger partial charge in [-0.15, -0.1) is 0 Å². The van der Waals surface area contributed by atoms with Crippen LogP contribution in [-0.4, -0.2) is 40.9 Å². The SMILES string of the molecule is COc1ccc(C(=O)NCC(OC)c2ccccc2OC)c(OC)c1. The van der Waals surface area contributed by atoms with E-state index in [9.17, 15) is 4.79 Å². The fourth-order valence-corrected chi connectivity index (χ4v) is 2.52. The Morgan fingerprint density at radius 1 is 0.960 bits per heavy atom. The van der Waals surface area contributed by atoms with Gasteiger partial charge in [-0.1, -0.05) is 18.2 Å². The van der Waals surface area contributed by atoms with Gasteiger partial charge in [0.25, 0.3) is 5.91 Å². The normalized spacial score (nSPS) is 11.5. The summed E-state index contributed by atoms with van der Waals surface area (Å²) in [7, 11) is 6.27. The maximum Gasteiger partial charge on any atom is 0.255 e. The third kappa shape index (κ3) is 4.42. The number of carbonyl (C=O) groups is 1. The predicted octanol–water partition coefficient (Wildman–Crippen LogP) is 2.83. The highest BCUT2D eigenvalue weighted by molar-refractivity contribution is 5.97. The summed E-state index contributed by atoms with van der Waals surface area (Å²) >= 11 is 0. The minimum Gasteiger partial charge on any atom is -0.497 e. The lowest BCUT2D eigenvalue weighted by atomic mass is 10.1. The first-order chi connectivity index (χ1) is 12.1. The number of para-hydroxylation sites is 1. The molecule has 25 heavy (non-hydrogen) atoms. The Bertz CT molecular complexity index is 717. The summed E-state index contributed by atoms with van der Waals surface area (Å²) in [6.07, 6.45) is -0.329. The smallest absolute Gasteiger partial charge is 0.255 e. The van der Waals surface area contributed by atoms with Gasteiger partial charge in [-0.3, -0.25) is 4.79 Å². The minimum atomic E-state index is -0.329. The van der Waals surface area contributed by atoms with Crippen LogP contribution in [-0.2, 0) is 4.74 Å². The molecule has 1 N–H and O–H groups in total. The van der Waals surface area contributed by atoms with Crippen molar-refractivity contribution in [2.45, 2.75) is 6.10 Å². The largest absolute Gasteiger partial charge is 0.497 e. The molecule has 1 atom stereocenters. The average molecular weight is 345 g/mol. The van der Waals surface area contributed by atoms with Gasteiger partial charge in [-0.2, -0.15) is 0 Å². The number of amides is 1. The maximum atomic E-state index is 12.5. The molecule has 0 saturated heterocycles. The molecule has 2 aromatic carbocycles. The summed E-state index contributed by atoms with van der Waals surface area (Å²) in [6.45, 7) is 0.297. The number of methoxy groups -OCH3 is 4. The van der Waals surface area contributed by atoms with Crippen LogP contribution in [0.2, 0.25) is 0 Å². The van der Waals surface area contributed by atoms with E-state index >= 15 is 0 Å². The summed E-state index contributed by atoms with van der Waals surface area (Å²) in [4.78, 5) is 12.5. The Morgan fingerprint density at radius 2 is 1.68 bits per heavy atom. The lowest BCUT2D eigenvalue weighted by Gasteiger charge is -2.19. The Balaban J connectivity index is 2.12. The molecule has 0 aliphatic carbocycles. The summed E-state index contributed by atoms with van der Waals surface area (Å²) in [5, 5.41) is 2.87. The van der Waals surface area contributed by atoms with Gasteiger partial charge in [-0.05, 0) is 18.2 Å². The Morgan fingerprint density at radius 3 is 2.32 bits per heavy atom. The maximum absolute atomic E-state index is 12.5. The van der Waals surface area contributed by atoms with Crippen LogP contribution in [0.1, 0.15) is 22.0 Å². The third-order valence-corrected chi connectivity index (χ3v) is 3.87. The molecule has 0 heterocycles. The number of benzene rings is 2. The molecule has 6 nitrogen and oxygen atoms in total. The van der Waals surface area contributed by atoms with E-state index < -0.39 is 0 Å². The van der Waals surface area contributed by atoms with E-state index in [0.29, 0.717) is 29.4 Å². The van der Waals surface area contributed by atoms with Crippen LogP contribution in [0.15, 0.2) is 42.5 Å². The fourth-order valence-electron chi connectivity index (χ4n) is 2.52. The zero-order valence-electron chi connectivity index (χ0n) is 14.9. The van der Waals surface area contributed by atoms with Gasteiger partial charge >= 0.3 is 0 Å². The number of rotatable bonds is 8. The zero-order valence-corrected chi connectivity index (χ0v) is 14.9. The molecular formula is C19H23NO5. The van der Waals surface area contributed by atoms with E-state index in [1.54, 1.807) is 39.5 Å². The van der Waals surface area contributed by atoms with Gasteiger partial charge in [0.05, 0.1) is 26.9 Å². The quantitative estimate of drug-likeness (QED) is 0.797. The predicted molar refractivity (Wildman–Crippen MR) is 94.6 cm³/mol. The summed E-state index contributed by atoms with van der Waals surface area (Å²) in [5.74, 6) is 1.53. The van der Waals surface area contributed by atoms with Crippen molar-refractivity contribution in [2.75, 3.05) is 35.0 Å². The van der Waals surface area contributed by atoms with E-state index in [0.717, 1.165) is 5.56 Å². The van der Waals surface area contributed by atoms with E-state index in [1.165, 1.54) is 7.11 Å². The van der Waals surface area contributed by atoms with Crippen LogP contribution in [0.25, 0.3) is 0 Å². The summed E-state index contributed by atoms with van der Waals surface area (Å²) < 4.78 is 21.3. The molecule has 0 aliphatic heterocycles. The summed E-state index contributed by atoms with van der Waals surface area (Å²) in [6, 6.07) is 12.6.